The Morgan fingerprint density at radius 3 is 2.38 bits per heavy atom. The van der Waals surface area contributed by atoms with E-state index in [0.717, 1.165) is 19.4 Å². The van der Waals surface area contributed by atoms with Crippen molar-refractivity contribution in [1.82, 2.24) is 9.80 Å². The minimum atomic E-state index is -0.919. The molecule has 1 amide bonds. The van der Waals surface area contributed by atoms with Gasteiger partial charge in [0, 0.05) is 19.1 Å². The standard InChI is InChI=1S/C16H29N3O2/c1-5-7-16(12-17,8-6-2)15(21)19-11-14(20)9-13(19)10-18(3)4/h13-14,20H,5-11H2,1-4H3. The van der Waals surface area contributed by atoms with Gasteiger partial charge in [0.05, 0.1) is 12.2 Å². The molecule has 0 aromatic rings. The molecule has 0 radical (unpaired) electrons. The van der Waals surface area contributed by atoms with E-state index < -0.39 is 11.5 Å². The molecule has 5 heteroatoms. The Morgan fingerprint density at radius 1 is 1.38 bits per heavy atom. The third kappa shape index (κ3) is 4.18. The number of aliphatic hydroxyl groups excluding tert-OH is 1. The molecule has 120 valence electrons. The molecule has 1 rings (SSSR count). The number of carbonyl (C=O) groups excluding carboxylic acids is 1. The number of aliphatic hydroxyl groups is 1. The van der Waals surface area contributed by atoms with Crippen molar-refractivity contribution in [2.75, 3.05) is 27.2 Å². The summed E-state index contributed by atoms with van der Waals surface area (Å²) in [7, 11) is 3.92. The maximum atomic E-state index is 13.0. The molecule has 0 aromatic carbocycles. The molecule has 1 aliphatic heterocycles. The van der Waals surface area contributed by atoms with E-state index in [2.05, 4.69) is 6.07 Å². The van der Waals surface area contributed by atoms with Gasteiger partial charge in [0.15, 0.2) is 0 Å². The maximum Gasteiger partial charge on any atom is 0.243 e. The lowest BCUT2D eigenvalue weighted by molar-refractivity contribution is -0.141. The highest BCUT2D eigenvalue weighted by atomic mass is 16.3. The molecule has 1 fully saturated rings. The van der Waals surface area contributed by atoms with Gasteiger partial charge < -0.3 is 14.9 Å². The molecule has 21 heavy (non-hydrogen) atoms. The molecular formula is C16H29N3O2. The number of hydrogen-bond acceptors (Lipinski definition) is 4. The van der Waals surface area contributed by atoms with Gasteiger partial charge in [-0.15, -0.1) is 0 Å². The lowest BCUT2D eigenvalue weighted by atomic mass is 9.79. The Kier molecular flexibility index (Phi) is 6.63. The van der Waals surface area contributed by atoms with E-state index in [4.69, 9.17) is 0 Å². The van der Waals surface area contributed by atoms with Crippen LogP contribution in [0.25, 0.3) is 0 Å². The van der Waals surface area contributed by atoms with Crippen LogP contribution in [0.1, 0.15) is 46.0 Å². The van der Waals surface area contributed by atoms with Crippen LogP contribution in [0.4, 0.5) is 0 Å². The normalized spacial score (nSPS) is 22.6. The summed E-state index contributed by atoms with van der Waals surface area (Å²) in [6.45, 7) is 5.09. The number of rotatable bonds is 7. The predicted molar refractivity (Wildman–Crippen MR) is 82.5 cm³/mol. The highest BCUT2D eigenvalue weighted by molar-refractivity contribution is 5.86. The van der Waals surface area contributed by atoms with Crippen molar-refractivity contribution < 1.29 is 9.90 Å². The maximum absolute atomic E-state index is 13.0. The molecular weight excluding hydrogens is 266 g/mol. The van der Waals surface area contributed by atoms with Gasteiger partial charge in [-0.3, -0.25) is 4.79 Å². The van der Waals surface area contributed by atoms with Crippen molar-refractivity contribution in [2.45, 2.75) is 58.1 Å². The van der Waals surface area contributed by atoms with Crippen molar-refractivity contribution in [1.29, 1.82) is 5.26 Å². The van der Waals surface area contributed by atoms with Gasteiger partial charge in [-0.25, -0.2) is 0 Å². The number of hydrogen-bond donors (Lipinski definition) is 1. The second kappa shape index (κ2) is 7.77. The van der Waals surface area contributed by atoms with Crippen LogP contribution >= 0.6 is 0 Å². The third-order valence-electron chi connectivity index (χ3n) is 4.21. The Balaban J connectivity index is 2.98. The first kappa shape index (κ1) is 17.9. The average molecular weight is 295 g/mol. The smallest absolute Gasteiger partial charge is 0.243 e. The molecule has 2 atom stereocenters. The lowest BCUT2D eigenvalue weighted by Gasteiger charge is -2.34. The molecule has 0 aromatic heterocycles. The van der Waals surface area contributed by atoms with E-state index >= 15 is 0 Å². The first-order valence-electron chi connectivity index (χ1n) is 7.95. The zero-order valence-electron chi connectivity index (χ0n) is 13.8. The summed E-state index contributed by atoms with van der Waals surface area (Å²) in [5.74, 6) is -0.0860. The predicted octanol–water partition coefficient (Wildman–Crippen LogP) is 1.62. The van der Waals surface area contributed by atoms with Crippen LogP contribution in [0, 0.1) is 16.7 Å². The third-order valence-corrected chi connectivity index (χ3v) is 4.21. The van der Waals surface area contributed by atoms with Crippen molar-refractivity contribution in [3.05, 3.63) is 0 Å². The lowest BCUT2D eigenvalue weighted by Crippen LogP contribution is -2.48. The summed E-state index contributed by atoms with van der Waals surface area (Å²) in [4.78, 5) is 16.8. The highest BCUT2D eigenvalue weighted by Crippen LogP contribution is 2.34. The van der Waals surface area contributed by atoms with Crippen LogP contribution in [-0.4, -0.2) is 60.1 Å². The second-order valence-electron chi connectivity index (χ2n) is 6.46. The molecule has 1 aliphatic rings. The molecule has 0 saturated carbocycles. The zero-order chi connectivity index (χ0) is 16.0. The van der Waals surface area contributed by atoms with Gasteiger partial charge in [0.1, 0.15) is 5.41 Å². The average Bonchev–Trinajstić information content (AvgIpc) is 2.77. The molecule has 1 N–H and O–H groups in total. The highest BCUT2D eigenvalue weighted by Gasteiger charge is 2.45. The first-order valence-corrected chi connectivity index (χ1v) is 7.95. The number of likely N-dealkylation sites (tertiary alicyclic amines) is 1. The Hall–Kier alpha value is -1.12. The summed E-state index contributed by atoms with van der Waals surface area (Å²) in [6, 6.07) is 2.30. The van der Waals surface area contributed by atoms with Crippen LogP contribution in [0.5, 0.6) is 0 Å². The van der Waals surface area contributed by atoms with Crippen LogP contribution in [0.3, 0.4) is 0 Å². The summed E-state index contributed by atoms with van der Waals surface area (Å²) >= 11 is 0. The largest absolute Gasteiger partial charge is 0.391 e. The second-order valence-corrected chi connectivity index (χ2v) is 6.46. The molecule has 1 heterocycles. The molecule has 2 unspecified atom stereocenters. The minimum Gasteiger partial charge on any atom is -0.391 e. The van der Waals surface area contributed by atoms with Crippen LogP contribution < -0.4 is 0 Å². The van der Waals surface area contributed by atoms with E-state index in [1.54, 1.807) is 4.90 Å². The zero-order valence-corrected chi connectivity index (χ0v) is 13.8. The van der Waals surface area contributed by atoms with E-state index in [9.17, 15) is 15.2 Å². The van der Waals surface area contributed by atoms with Gasteiger partial charge >= 0.3 is 0 Å². The summed E-state index contributed by atoms with van der Waals surface area (Å²) in [5, 5.41) is 19.6. The van der Waals surface area contributed by atoms with E-state index in [0.29, 0.717) is 25.8 Å². The van der Waals surface area contributed by atoms with Crippen LogP contribution in [0.2, 0.25) is 0 Å². The molecule has 0 spiro atoms. The molecule has 0 bridgehead atoms. The topological polar surface area (TPSA) is 67.6 Å². The fourth-order valence-electron chi connectivity index (χ4n) is 3.36. The fourth-order valence-corrected chi connectivity index (χ4v) is 3.36. The van der Waals surface area contributed by atoms with Crippen molar-refractivity contribution in [3.8, 4) is 6.07 Å². The number of amides is 1. The minimum absolute atomic E-state index is 0.00365. The van der Waals surface area contributed by atoms with Gasteiger partial charge in [-0.05, 0) is 33.4 Å². The monoisotopic (exact) mass is 295 g/mol. The van der Waals surface area contributed by atoms with Crippen LogP contribution in [0.15, 0.2) is 0 Å². The van der Waals surface area contributed by atoms with Crippen molar-refractivity contribution in [2.24, 2.45) is 5.41 Å². The van der Waals surface area contributed by atoms with Gasteiger partial charge in [0.2, 0.25) is 5.91 Å². The number of likely N-dealkylation sites (N-methyl/N-ethyl adjacent to an activating group) is 1. The Bertz CT molecular complexity index is 383. The van der Waals surface area contributed by atoms with E-state index in [1.165, 1.54) is 0 Å². The van der Waals surface area contributed by atoms with Crippen molar-refractivity contribution >= 4 is 5.91 Å². The summed E-state index contributed by atoms with van der Waals surface area (Å²) in [5.41, 5.74) is -0.919. The van der Waals surface area contributed by atoms with Crippen LogP contribution in [-0.2, 0) is 4.79 Å². The molecule has 1 saturated heterocycles. The van der Waals surface area contributed by atoms with E-state index in [1.807, 2.05) is 32.8 Å². The van der Waals surface area contributed by atoms with Gasteiger partial charge in [0.25, 0.3) is 0 Å². The first-order chi connectivity index (χ1) is 9.90. The van der Waals surface area contributed by atoms with E-state index in [-0.39, 0.29) is 11.9 Å². The summed E-state index contributed by atoms with van der Waals surface area (Å²) < 4.78 is 0. The SMILES string of the molecule is CCCC(C#N)(CCC)C(=O)N1CC(O)CC1CN(C)C. The number of β-amino-alcohol motifs (C(OH)–C–C–N with tert-alkyl or cyclic N) is 1. The molecule has 5 nitrogen and oxygen atoms in total. The fraction of sp³-hybridized carbons (Fsp3) is 0.875. The van der Waals surface area contributed by atoms with Gasteiger partial charge in [-0.2, -0.15) is 5.26 Å². The van der Waals surface area contributed by atoms with Crippen molar-refractivity contribution in [3.63, 3.8) is 0 Å². The number of carbonyl (C=O) groups is 1. The van der Waals surface area contributed by atoms with Gasteiger partial charge in [-0.1, -0.05) is 26.7 Å². The quantitative estimate of drug-likeness (QED) is 0.775. The molecule has 0 aliphatic carbocycles. The number of nitriles is 1. The Labute approximate surface area is 128 Å². The summed E-state index contributed by atoms with van der Waals surface area (Å²) in [6.07, 6.45) is 2.94. The Morgan fingerprint density at radius 2 is 1.95 bits per heavy atom. The number of nitrogens with zero attached hydrogens (tertiary/aromatic N) is 3.